The number of ketones is 1. The van der Waals surface area contributed by atoms with Crippen LogP contribution in [0.4, 0.5) is 14.6 Å². The maximum absolute atomic E-state index is 13.5. The molecule has 2 heterocycles. The molecule has 1 aromatic heterocycles. The first-order valence-electron chi connectivity index (χ1n) is 9.65. The third kappa shape index (κ3) is 4.45. The fourth-order valence-electron chi connectivity index (χ4n) is 3.69. The highest BCUT2D eigenvalue weighted by Gasteiger charge is 2.24. The first kappa shape index (κ1) is 20.9. The number of nitrogens with two attached hydrogens (primary N) is 1. The number of hydrogen-bond acceptors (Lipinski definition) is 5. The summed E-state index contributed by atoms with van der Waals surface area (Å²) < 4.78 is 29.0. The van der Waals surface area contributed by atoms with Gasteiger partial charge in [0.15, 0.2) is 5.78 Å². The van der Waals surface area contributed by atoms with Gasteiger partial charge in [0, 0.05) is 12.6 Å². The van der Waals surface area contributed by atoms with E-state index in [1.165, 1.54) is 0 Å². The minimum atomic E-state index is -0.795. The number of benzene rings is 1. The molecule has 1 aliphatic rings. The number of Topliss-reactive ketones (excluding diaryl/α,β-unsaturated/α-hetero) is 1. The molecule has 1 fully saturated rings. The number of hydrogen-bond donors (Lipinski definition) is 1. The Kier molecular flexibility index (Phi) is 6.26. The normalized spacial score (nSPS) is 14.9. The van der Waals surface area contributed by atoms with E-state index in [-0.39, 0.29) is 36.6 Å². The van der Waals surface area contributed by atoms with Crippen molar-refractivity contribution < 1.29 is 13.6 Å². The Labute approximate surface area is 166 Å². The maximum atomic E-state index is 13.5. The predicted octanol–water partition coefficient (Wildman–Crippen LogP) is 1.61. The van der Waals surface area contributed by atoms with Crippen LogP contribution in [-0.2, 0) is 13.1 Å². The second kappa shape index (κ2) is 8.69. The van der Waals surface area contributed by atoms with Gasteiger partial charge >= 0.3 is 5.69 Å². The zero-order valence-corrected chi connectivity index (χ0v) is 16.3. The van der Waals surface area contributed by atoms with Crippen molar-refractivity contribution in [2.24, 2.45) is 0 Å². The number of aromatic nitrogens is 2. The van der Waals surface area contributed by atoms with E-state index in [0.717, 1.165) is 59.7 Å². The molecule has 1 saturated heterocycles. The van der Waals surface area contributed by atoms with Gasteiger partial charge in [-0.2, -0.15) is 0 Å². The Morgan fingerprint density at radius 2 is 1.66 bits per heavy atom. The summed E-state index contributed by atoms with van der Waals surface area (Å²) in [5, 5.41) is 0. The van der Waals surface area contributed by atoms with Crippen LogP contribution in [0.1, 0.15) is 42.1 Å². The highest BCUT2D eigenvalue weighted by molar-refractivity contribution is 6.01. The first-order chi connectivity index (χ1) is 13.8. The Bertz CT molecular complexity index is 1020. The molecular weight excluding hydrogens is 382 g/mol. The van der Waals surface area contributed by atoms with Gasteiger partial charge in [0.05, 0.1) is 13.1 Å². The number of nitrogen functional groups attached to an aromatic ring is 1. The van der Waals surface area contributed by atoms with Gasteiger partial charge in [-0.3, -0.25) is 23.6 Å². The minimum absolute atomic E-state index is 0.0377. The lowest BCUT2D eigenvalue weighted by Gasteiger charge is -2.26. The predicted molar refractivity (Wildman–Crippen MR) is 105 cm³/mol. The summed E-state index contributed by atoms with van der Waals surface area (Å²) in [4.78, 5) is 40.3. The molecule has 156 valence electrons. The van der Waals surface area contributed by atoms with Gasteiger partial charge in [0.1, 0.15) is 23.0 Å². The molecule has 0 unspecified atom stereocenters. The topological polar surface area (TPSA) is 90.3 Å². The quantitative estimate of drug-likeness (QED) is 0.736. The number of anilines is 1. The van der Waals surface area contributed by atoms with Crippen molar-refractivity contribution >= 4 is 11.6 Å². The summed E-state index contributed by atoms with van der Waals surface area (Å²) in [6, 6.07) is 2.87. The molecule has 0 saturated carbocycles. The van der Waals surface area contributed by atoms with E-state index in [9.17, 15) is 23.2 Å². The zero-order chi connectivity index (χ0) is 21.1. The third-order valence-corrected chi connectivity index (χ3v) is 5.14. The molecule has 2 N–H and O–H groups in total. The average molecular weight is 406 g/mol. The number of carbonyl (C=O) groups is 1. The fraction of sp³-hybridized carbons (Fsp3) is 0.450. The minimum Gasteiger partial charge on any atom is -0.384 e. The highest BCUT2D eigenvalue weighted by Crippen LogP contribution is 2.14. The molecular formula is C20H24F2N4O3. The van der Waals surface area contributed by atoms with Crippen molar-refractivity contribution in [1.29, 1.82) is 0 Å². The summed E-state index contributed by atoms with van der Waals surface area (Å²) >= 11 is 0. The average Bonchev–Trinajstić information content (AvgIpc) is 2.65. The molecule has 29 heavy (non-hydrogen) atoms. The molecule has 0 spiro atoms. The molecule has 1 aliphatic heterocycles. The molecule has 9 heteroatoms. The third-order valence-electron chi connectivity index (χ3n) is 5.14. The maximum Gasteiger partial charge on any atom is 0.332 e. The number of carbonyl (C=O) groups excluding carboxylic acids is 1. The Morgan fingerprint density at radius 1 is 1.03 bits per heavy atom. The number of halogens is 2. The second-order valence-corrected chi connectivity index (χ2v) is 7.22. The van der Waals surface area contributed by atoms with Crippen molar-refractivity contribution in [3.63, 3.8) is 0 Å². The zero-order valence-electron chi connectivity index (χ0n) is 16.3. The summed E-state index contributed by atoms with van der Waals surface area (Å²) in [6.45, 7) is 2.94. The molecule has 2 aromatic rings. The lowest BCUT2D eigenvalue weighted by Crippen LogP contribution is -2.45. The number of nitrogens with zero attached hydrogens (tertiary/aromatic N) is 3. The summed E-state index contributed by atoms with van der Waals surface area (Å²) in [6.07, 6.45) is 3.06. The van der Waals surface area contributed by atoms with Crippen LogP contribution in [0.15, 0.2) is 27.8 Å². The molecule has 0 aliphatic carbocycles. The highest BCUT2D eigenvalue weighted by atomic mass is 19.1. The van der Waals surface area contributed by atoms with E-state index in [1.54, 1.807) is 6.92 Å². The number of likely N-dealkylation sites (tertiary alicyclic amines) is 1. The van der Waals surface area contributed by atoms with Crippen molar-refractivity contribution in [1.82, 2.24) is 14.0 Å². The second-order valence-electron chi connectivity index (χ2n) is 7.22. The summed E-state index contributed by atoms with van der Waals surface area (Å²) in [7, 11) is 0. The van der Waals surface area contributed by atoms with Gasteiger partial charge in [-0.05, 0) is 50.6 Å². The van der Waals surface area contributed by atoms with Crippen LogP contribution >= 0.6 is 0 Å². The van der Waals surface area contributed by atoms with Crippen molar-refractivity contribution in [3.8, 4) is 0 Å². The van der Waals surface area contributed by atoms with Gasteiger partial charge in [0.2, 0.25) is 0 Å². The van der Waals surface area contributed by atoms with E-state index in [0.29, 0.717) is 0 Å². The van der Waals surface area contributed by atoms with Crippen molar-refractivity contribution in [2.45, 2.75) is 39.3 Å². The largest absolute Gasteiger partial charge is 0.384 e. The fourth-order valence-corrected chi connectivity index (χ4v) is 3.69. The van der Waals surface area contributed by atoms with Crippen molar-refractivity contribution in [2.75, 3.05) is 25.4 Å². The van der Waals surface area contributed by atoms with E-state index in [1.807, 2.05) is 4.90 Å². The van der Waals surface area contributed by atoms with Gasteiger partial charge < -0.3 is 5.73 Å². The van der Waals surface area contributed by atoms with Gasteiger partial charge in [-0.15, -0.1) is 0 Å². The van der Waals surface area contributed by atoms with Crippen molar-refractivity contribution in [3.05, 3.63) is 61.8 Å². The summed E-state index contributed by atoms with van der Waals surface area (Å²) in [5.41, 5.74) is 4.50. The molecule has 0 atom stereocenters. The standard InChI is InChI=1S/C20H24F2N4O3/c1-2-25-19(28)17(16(27)12-24-6-4-3-5-7-24)18(23)26(20(25)29)11-13-8-14(21)10-15(22)9-13/h8-10H,2-7,11-12,23H2,1H3. The molecule has 3 rings (SSSR count). The van der Waals surface area contributed by atoms with Gasteiger partial charge in [-0.1, -0.05) is 6.42 Å². The Balaban J connectivity index is 2.04. The van der Waals surface area contributed by atoms with Crippen LogP contribution in [-0.4, -0.2) is 39.5 Å². The Hall–Kier alpha value is -2.81. The molecule has 7 nitrogen and oxygen atoms in total. The van der Waals surface area contributed by atoms with E-state index in [2.05, 4.69) is 0 Å². The van der Waals surface area contributed by atoms with Gasteiger partial charge in [-0.25, -0.2) is 13.6 Å². The SMILES string of the molecule is CCn1c(=O)c(C(=O)CN2CCCCC2)c(N)n(Cc2cc(F)cc(F)c2)c1=O. The van der Waals surface area contributed by atoms with E-state index >= 15 is 0 Å². The smallest absolute Gasteiger partial charge is 0.332 e. The summed E-state index contributed by atoms with van der Waals surface area (Å²) in [5.74, 6) is -2.33. The van der Waals surface area contributed by atoms with Crippen LogP contribution < -0.4 is 17.0 Å². The molecule has 0 radical (unpaired) electrons. The number of rotatable bonds is 6. The Morgan fingerprint density at radius 3 is 2.24 bits per heavy atom. The van der Waals surface area contributed by atoms with Crippen LogP contribution in [0.25, 0.3) is 0 Å². The molecule has 0 amide bonds. The molecule has 0 bridgehead atoms. The van der Waals surface area contributed by atoms with E-state index in [4.69, 9.17) is 5.73 Å². The monoisotopic (exact) mass is 406 g/mol. The van der Waals surface area contributed by atoms with Crippen LogP contribution in [0, 0.1) is 11.6 Å². The van der Waals surface area contributed by atoms with Gasteiger partial charge in [0.25, 0.3) is 5.56 Å². The van der Waals surface area contributed by atoms with E-state index < -0.39 is 28.7 Å². The number of piperidine rings is 1. The van der Waals surface area contributed by atoms with Crippen LogP contribution in [0.5, 0.6) is 0 Å². The van der Waals surface area contributed by atoms with Crippen LogP contribution in [0.2, 0.25) is 0 Å². The lowest BCUT2D eigenvalue weighted by atomic mass is 10.1. The lowest BCUT2D eigenvalue weighted by molar-refractivity contribution is 0.0913. The molecule has 1 aromatic carbocycles. The first-order valence-corrected chi connectivity index (χ1v) is 9.65. The van der Waals surface area contributed by atoms with Crippen LogP contribution in [0.3, 0.4) is 0 Å².